The van der Waals surface area contributed by atoms with Crippen molar-refractivity contribution in [3.63, 3.8) is 0 Å². The monoisotopic (exact) mass is 515 g/mol. The van der Waals surface area contributed by atoms with Crippen molar-refractivity contribution in [2.24, 2.45) is 4.99 Å². The molecule has 0 aliphatic carbocycles. The van der Waals surface area contributed by atoms with Gasteiger partial charge in [-0.15, -0.1) is 24.0 Å². The quantitative estimate of drug-likeness (QED) is 0.370. The maximum atomic E-state index is 12.5. The molecule has 3 rings (SSSR count). The minimum atomic E-state index is -0.225. The first-order chi connectivity index (χ1) is 13.6. The normalized spacial score (nSPS) is 19.7. The molecule has 0 saturated carbocycles. The van der Waals surface area contributed by atoms with E-state index in [1.54, 1.807) is 0 Å². The highest BCUT2D eigenvalue weighted by Crippen LogP contribution is 2.17. The largest absolute Gasteiger partial charge is 0.378 e. The molecule has 1 amide bonds. The van der Waals surface area contributed by atoms with E-state index in [-0.39, 0.29) is 36.0 Å². The fourth-order valence-electron chi connectivity index (χ4n) is 3.64. The first-order valence-corrected chi connectivity index (χ1v) is 10.3. The van der Waals surface area contributed by atoms with E-state index in [1.165, 1.54) is 11.3 Å². The summed E-state index contributed by atoms with van der Waals surface area (Å²) in [4.78, 5) is 23.7. The number of aliphatic imine (C=N–C) groups is 1. The summed E-state index contributed by atoms with van der Waals surface area (Å²) in [5.74, 6) is 1.07. The molecule has 2 heterocycles. The number of anilines is 1. The van der Waals surface area contributed by atoms with Crippen LogP contribution >= 0.6 is 24.0 Å². The van der Waals surface area contributed by atoms with Crippen LogP contribution in [-0.2, 0) is 16.1 Å². The summed E-state index contributed by atoms with van der Waals surface area (Å²) >= 11 is 0. The molecular weight excluding hydrogens is 481 g/mol. The van der Waals surface area contributed by atoms with Crippen LogP contribution in [0, 0.1) is 0 Å². The Labute approximate surface area is 191 Å². The van der Waals surface area contributed by atoms with Crippen molar-refractivity contribution in [1.29, 1.82) is 0 Å². The third-order valence-electron chi connectivity index (χ3n) is 5.27. The van der Waals surface area contributed by atoms with Gasteiger partial charge in [-0.25, -0.2) is 4.99 Å². The fourth-order valence-corrected chi connectivity index (χ4v) is 3.64. The number of carbonyl (C=O) groups is 1. The number of guanidine groups is 1. The Morgan fingerprint density at radius 3 is 2.59 bits per heavy atom. The van der Waals surface area contributed by atoms with Gasteiger partial charge in [-0.3, -0.25) is 4.79 Å². The highest BCUT2D eigenvalue weighted by Gasteiger charge is 2.30. The van der Waals surface area contributed by atoms with Gasteiger partial charge in [0.1, 0.15) is 6.10 Å². The molecule has 1 unspecified atom stereocenters. The molecule has 0 bridgehead atoms. The van der Waals surface area contributed by atoms with Crippen LogP contribution in [0.25, 0.3) is 0 Å². The molecule has 0 radical (unpaired) electrons. The van der Waals surface area contributed by atoms with E-state index in [9.17, 15) is 4.79 Å². The van der Waals surface area contributed by atoms with Gasteiger partial charge >= 0.3 is 0 Å². The number of ether oxygens (including phenoxy) is 1. The minimum Gasteiger partial charge on any atom is -0.378 e. The summed E-state index contributed by atoms with van der Waals surface area (Å²) in [7, 11) is 4.09. The molecule has 162 valence electrons. The lowest BCUT2D eigenvalue weighted by molar-refractivity contribution is -0.142. The van der Waals surface area contributed by atoms with Crippen LogP contribution in [0.2, 0.25) is 0 Å². The first kappa shape index (κ1) is 23.7. The minimum absolute atomic E-state index is 0. The molecule has 0 aromatic heterocycles. The molecule has 2 aliphatic heterocycles. The predicted molar refractivity (Wildman–Crippen MR) is 128 cm³/mol. The summed E-state index contributed by atoms with van der Waals surface area (Å²) in [5, 5.41) is 3.40. The molecule has 0 spiro atoms. The van der Waals surface area contributed by atoms with E-state index in [2.05, 4.69) is 46.3 Å². The predicted octanol–water partition coefficient (Wildman–Crippen LogP) is 2.16. The Morgan fingerprint density at radius 1 is 1.24 bits per heavy atom. The molecule has 1 aromatic carbocycles. The number of piperazine rings is 1. The Balaban J connectivity index is 0.00000300. The number of benzene rings is 1. The molecule has 2 saturated heterocycles. The Bertz CT molecular complexity index is 683. The van der Waals surface area contributed by atoms with Crippen LogP contribution in [0.4, 0.5) is 5.69 Å². The number of nitrogens with one attached hydrogen (secondary N) is 1. The van der Waals surface area contributed by atoms with E-state index in [1.807, 2.05) is 19.0 Å². The molecule has 29 heavy (non-hydrogen) atoms. The second-order valence-corrected chi connectivity index (χ2v) is 7.55. The molecule has 1 atom stereocenters. The maximum Gasteiger partial charge on any atom is 0.251 e. The van der Waals surface area contributed by atoms with Gasteiger partial charge in [0.05, 0.1) is 6.54 Å². The second-order valence-electron chi connectivity index (χ2n) is 7.55. The number of halogens is 1. The molecule has 8 heteroatoms. The maximum absolute atomic E-state index is 12.5. The zero-order valence-corrected chi connectivity index (χ0v) is 20.1. The zero-order valence-electron chi connectivity index (χ0n) is 17.8. The van der Waals surface area contributed by atoms with Gasteiger partial charge in [-0.2, -0.15) is 0 Å². The van der Waals surface area contributed by atoms with Crippen LogP contribution in [-0.4, -0.2) is 81.2 Å². The van der Waals surface area contributed by atoms with Gasteiger partial charge in [0.25, 0.3) is 5.91 Å². The Morgan fingerprint density at radius 2 is 1.97 bits per heavy atom. The highest BCUT2D eigenvalue weighted by atomic mass is 127. The first-order valence-electron chi connectivity index (χ1n) is 10.3. The van der Waals surface area contributed by atoms with Crippen molar-refractivity contribution in [1.82, 2.24) is 15.1 Å². The molecule has 7 nitrogen and oxygen atoms in total. The molecule has 2 aliphatic rings. The van der Waals surface area contributed by atoms with E-state index in [4.69, 9.17) is 9.73 Å². The Kier molecular flexibility index (Phi) is 9.48. The third kappa shape index (κ3) is 6.47. The van der Waals surface area contributed by atoms with E-state index in [0.29, 0.717) is 13.2 Å². The highest BCUT2D eigenvalue weighted by molar-refractivity contribution is 14.0. The average molecular weight is 515 g/mol. The number of hydrogen-bond donors (Lipinski definition) is 1. The van der Waals surface area contributed by atoms with Crippen molar-refractivity contribution >= 4 is 41.5 Å². The summed E-state index contributed by atoms with van der Waals surface area (Å²) in [6.45, 7) is 7.29. The van der Waals surface area contributed by atoms with Gasteiger partial charge in [0, 0.05) is 59.1 Å². The number of hydrogen-bond acceptors (Lipinski definition) is 4. The van der Waals surface area contributed by atoms with Gasteiger partial charge < -0.3 is 24.8 Å². The lowest BCUT2D eigenvalue weighted by Crippen LogP contribution is -2.55. The molecule has 2 fully saturated rings. The fraction of sp³-hybridized carbons (Fsp3) is 0.619. The van der Waals surface area contributed by atoms with Crippen molar-refractivity contribution in [3.8, 4) is 0 Å². The SMILES string of the molecule is CCNC(=NCc1cccc(N(C)C)c1)N1CCN(C(=O)C2CCCO2)CC1.I. The summed E-state index contributed by atoms with van der Waals surface area (Å²) < 4.78 is 5.55. The number of rotatable bonds is 5. The van der Waals surface area contributed by atoms with Crippen LogP contribution in [0.5, 0.6) is 0 Å². The number of amides is 1. The van der Waals surface area contributed by atoms with E-state index < -0.39 is 0 Å². The summed E-state index contributed by atoms with van der Waals surface area (Å²) in [5.41, 5.74) is 2.37. The van der Waals surface area contributed by atoms with Crippen molar-refractivity contribution in [3.05, 3.63) is 29.8 Å². The number of nitrogens with zero attached hydrogens (tertiary/aromatic N) is 4. The standard InChI is InChI=1S/C21H33N5O2.HI/c1-4-22-21(23-16-17-7-5-8-18(15-17)24(2)3)26-12-10-25(11-13-26)20(27)19-9-6-14-28-19;/h5,7-8,15,19H,4,6,9-14,16H2,1-3H3,(H,22,23);1H. The van der Waals surface area contributed by atoms with Crippen LogP contribution in [0.3, 0.4) is 0 Å². The van der Waals surface area contributed by atoms with E-state index in [0.717, 1.165) is 51.5 Å². The summed E-state index contributed by atoms with van der Waals surface area (Å²) in [6.07, 6.45) is 1.62. The lowest BCUT2D eigenvalue weighted by atomic mass is 10.2. The van der Waals surface area contributed by atoms with Gasteiger partial charge in [-0.1, -0.05) is 12.1 Å². The van der Waals surface area contributed by atoms with Crippen molar-refractivity contribution in [2.45, 2.75) is 32.4 Å². The van der Waals surface area contributed by atoms with Crippen LogP contribution < -0.4 is 10.2 Å². The van der Waals surface area contributed by atoms with Crippen LogP contribution in [0.15, 0.2) is 29.3 Å². The second kappa shape index (κ2) is 11.6. The molecule has 1 aromatic rings. The van der Waals surface area contributed by atoms with E-state index >= 15 is 0 Å². The van der Waals surface area contributed by atoms with Crippen molar-refractivity contribution in [2.75, 3.05) is 58.3 Å². The molecular formula is C21H34IN5O2. The summed E-state index contributed by atoms with van der Waals surface area (Å²) in [6, 6.07) is 8.45. The molecule has 1 N–H and O–H groups in total. The van der Waals surface area contributed by atoms with Crippen LogP contribution in [0.1, 0.15) is 25.3 Å². The third-order valence-corrected chi connectivity index (χ3v) is 5.27. The van der Waals surface area contributed by atoms with Gasteiger partial charge in [0.2, 0.25) is 0 Å². The number of carbonyl (C=O) groups excluding carboxylic acids is 1. The smallest absolute Gasteiger partial charge is 0.251 e. The zero-order chi connectivity index (χ0) is 19.9. The Hall–Kier alpha value is -1.55. The topological polar surface area (TPSA) is 60.4 Å². The average Bonchev–Trinajstić information content (AvgIpc) is 3.26. The lowest BCUT2D eigenvalue weighted by Gasteiger charge is -2.37. The van der Waals surface area contributed by atoms with Gasteiger partial charge in [0.15, 0.2) is 5.96 Å². The van der Waals surface area contributed by atoms with Crippen molar-refractivity contribution < 1.29 is 9.53 Å². The van der Waals surface area contributed by atoms with Gasteiger partial charge in [-0.05, 0) is 37.5 Å².